The first-order valence-electron chi connectivity index (χ1n) is 8.15. The van der Waals surface area contributed by atoms with Crippen LogP contribution < -0.4 is 10.5 Å². The van der Waals surface area contributed by atoms with E-state index in [1.807, 2.05) is 44.2 Å². The van der Waals surface area contributed by atoms with Gasteiger partial charge in [-0.3, -0.25) is 5.10 Å². The monoisotopic (exact) mass is 340 g/mol. The van der Waals surface area contributed by atoms with Gasteiger partial charge in [0.1, 0.15) is 24.2 Å². The van der Waals surface area contributed by atoms with Gasteiger partial charge in [0, 0.05) is 10.9 Å². The van der Waals surface area contributed by atoms with Crippen LogP contribution in [0.2, 0.25) is 0 Å². The molecule has 130 valence electrons. The lowest BCUT2D eigenvalue weighted by Crippen LogP contribution is -2.25. The summed E-state index contributed by atoms with van der Waals surface area (Å²) in [4.78, 5) is 4.25. The minimum Gasteiger partial charge on any atom is -0.491 e. The normalized spacial score (nSPS) is 19.4. The van der Waals surface area contributed by atoms with Crippen molar-refractivity contribution in [3.63, 3.8) is 0 Å². The van der Waals surface area contributed by atoms with Crippen molar-refractivity contribution >= 4 is 16.7 Å². The van der Waals surface area contributed by atoms with Gasteiger partial charge < -0.3 is 19.9 Å². The van der Waals surface area contributed by atoms with Gasteiger partial charge in [-0.05, 0) is 32.0 Å². The van der Waals surface area contributed by atoms with Crippen LogP contribution in [0.3, 0.4) is 0 Å². The van der Waals surface area contributed by atoms with Crippen molar-refractivity contribution in [2.24, 2.45) is 0 Å². The van der Waals surface area contributed by atoms with Gasteiger partial charge in [0.05, 0.1) is 18.5 Å². The van der Waals surface area contributed by atoms with Crippen LogP contribution in [-0.2, 0) is 9.47 Å². The maximum atomic E-state index is 5.87. The SMILES string of the molecule is CC1(C)OCC(COc2cccc(-c3n[nH]c4ncc(N)cc34)c2)O1. The van der Waals surface area contributed by atoms with E-state index in [0.29, 0.717) is 24.5 Å². The quantitative estimate of drug-likeness (QED) is 0.758. The Balaban J connectivity index is 1.54. The van der Waals surface area contributed by atoms with Crippen molar-refractivity contribution in [2.75, 3.05) is 18.9 Å². The number of benzene rings is 1. The average molecular weight is 340 g/mol. The number of nitrogens with one attached hydrogen (secondary N) is 1. The third kappa shape index (κ3) is 3.29. The van der Waals surface area contributed by atoms with Gasteiger partial charge in [-0.2, -0.15) is 5.10 Å². The predicted octanol–water partition coefficient (Wildman–Crippen LogP) is 2.74. The molecule has 1 atom stereocenters. The zero-order valence-corrected chi connectivity index (χ0v) is 14.2. The third-order valence-corrected chi connectivity index (χ3v) is 4.05. The molecule has 0 radical (unpaired) electrons. The zero-order valence-electron chi connectivity index (χ0n) is 14.2. The molecule has 25 heavy (non-hydrogen) atoms. The molecule has 3 aromatic rings. The van der Waals surface area contributed by atoms with Crippen molar-refractivity contribution < 1.29 is 14.2 Å². The molecule has 7 heteroatoms. The molecule has 3 heterocycles. The Morgan fingerprint density at radius 3 is 3.04 bits per heavy atom. The fraction of sp³-hybridized carbons (Fsp3) is 0.333. The first kappa shape index (κ1) is 15.9. The number of pyridine rings is 1. The van der Waals surface area contributed by atoms with Crippen molar-refractivity contribution in [3.05, 3.63) is 36.5 Å². The van der Waals surface area contributed by atoms with Gasteiger partial charge in [-0.25, -0.2) is 4.98 Å². The highest BCUT2D eigenvalue weighted by Gasteiger charge is 2.32. The molecule has 1 aliphatic rings. The third-order valence-electron chi connectivity index (χ3n) is 4.05. The molecule has 1 fully saturated rings. The van der Waals surface area contributed by atoms with E-state index in [1.54, 1.807) is 6.20 Å². The second kappa shape index (κ2) is 6.02. The van der Waals surface area contributed by atoms with Crippen LogP contribution in [-0.4, -0.2) is 40.3 Å². The van der Waals surface area contributed by atoms with Gasteiger partial charge in [0.2, 0.25) is 0 Å². The van der Waals surface area contributed by atoms with Gasteiger partial charge in [0.25, 0.3) is 0 Å². The summed E-state index contributed by atoms with van der Waals surface area (Å²) in [6, 6.07) is 9.62. The molecular formula is C18H20N4O3. The highest BCUT2D eigenvalue weighted by Crippen LogP contribution is 2.29. The maximum absolute atomic E-state index is 5.87. The average Bonchev–Trinajstić information content (AvgIpc) is 3.15. The molecule has 1 aliphatic heterocycles. The lowest BCUT2D eigenvalue weighted by molar-refractivity contribution is -0.141. The largest absolute Gasteiger partial charge is 0.491 e. The predicted molar refractivity (Wildman–Crippen MR) is 94.1 cm³/mol. The molecule has 1 aromatic carbocycles. The Labute approximate surface area is 145 Å². The van der Waals surface area contributed by atoms with Gasteiger partial charge >= 0.3 is 0 Å². The first-order chi connectivity index (χ1) is 12.0. The number of H-pyrrole nitrogens is 1. The van der Waals surface area contributed by atoms with E-state index in [2.05, 4.69) is 15.2 Å². The Bertz CT molecular complexity index is 906. The van der Waals surface area contributed by atoms with Gasteiger partial charge in [-0.15, -0.1) is 0 Å². The summed E-state index contributed by atoms with van der Waals surface area (Å²) in [5, 5.41) is 8.17. The summed E-state index contributed by atoms with van der Waals surface area (Å²) in [6.07, 6.45) is 1.53. The highest BCUT2D eigenvalue weighted by atomic mass is 16.7. The summed E-state index contributed by atoms with van der Waals surface area (Å²) >= 11 is 0. The van der Waals surface area contributed by atoms with Crippen LogP contribution >= 0.6 is 0 Å². The number of nitrogen functional groups attached to an aromatic ring is 1. The summed E-state index contributed by atoms with van der Waals surface area (Å²) in [6.45, 7) is 4.76. The van der Waals surface area contributed by atoms with E-state index in [9.17, 15) is 0 Å². The number of ether oxygens (including phenoxy) is 3. The van der Waals surface area contributed by atoms with E-state index in [0.717, 1.165) is 22.4 Å². The summed E-state index contributed by atoms with van der Waals surface area (Å²) in [5.74, 6) is 0.204. The van der Waals surface area contributed by atoms with Crippen LogP contribution in [0.25, 0.3) is 22.3 Å². The number of aromatic amines is 1. The molecule has 2 aromatic heterocycles. The standard InChI is InChI=1S/C18H20N4O3/c1-18(2)24-10-14(25-18)9-23-13-5-3-4-11(6-13)16-15-7-12(19)8-20-17(15)22-21-16/h3-8,14H,9-10,19H2,1-2H3,(H,20,21,22). The zero-order chi connectivity index (χ0) is 17.4. The highest BCUT2D eigenvalue weighted by molar-refractivity contribution is 5.92. The Kier molecular flexibility index (Phi) is 3.82. The number of nitrogens with zero attached hydrogens (tertiary/aromatic N) is 2. The number of rotatable bonds is 4. The Morgan fingerprint density at radius 2 is 2.24 bits per heavy atom. The number of hydrogen-bond donors (Lipinski definition) is 2. The number of fused-ring (bicyclic) bond motifs is 1. The van der Waals surface area contributed by atoms with Gasteiger partial charge in [0.15, 0.2) is 11.4 Å². The number of aromatic nitrogens is 3. The van der Waals surface area contributed by atoms with E-state index >= 15 is 0 Å². The van der Waals surface area contributed by atoms with E-state index < -0.39 is 5.79 Å². The minimum atomic E-state index is -0.545. The molecule has 0 saturated carbocycles. The van der Waals surface area contributed by atoms with Crippen molar-refractivity contribution in [2.45, 2.75) is 25.7 Å². The molecular weight excluding hydrogens is 320 g/mol. The molecule has 3 N–H and O–H groups in total. The van der Waals surface area contributed by atoms with Crippen LogP contribution in [0.4, 0.5) is 5.69 Å². The van der Waals surface area contributed by atoms with Crippen LogP contribution in [0.15, 0.2) is 36.5 Å². The Morgan fingerprint density at radius 1 is 1.36 bits per heavy atom. The molecule has 1 saturated heterocycles. The molecule has 0 bridgehead atoms. The van der Waals surface area contributed by atoms with Gasteiger partial charge in [-0.1, -0.05) is 12.1 Å². The Hall–Kier alpha value is -2.64. The maximum Gasteiger partial charge on any atom is 0.163 e. The molecule has 0 aliphatic carbocycles. The number of hydrogen-bond acceptors (Lipinski definition) is 6. The molecule has 0 spiro atoms. The lowest BCUT2D eigenvalue weighted by Gasteiger charge is -2.17. The van der Waals surface area contributed by atoms with Crippen LogP contribution in [0.1, 0.15) is 13.8 Å². The molecule has 0 amide bonds. The fourth-order valence-electron chi connectivity index (χ4n) is 2.91. The van der Waals surface area contributed by atoms with E-state index in [4.69, 9.17) is 19.9 Å². The van der Waals surface area contributed by atoms with Crippen molar-refractivity contribution in [1.29, 1.82) is 0 Å². The minimum absolute atomic E-state index is 0.0751. The molecule has 4 rings (SSSR count). The lowest BCUT2D eigenvalue weighted by atomic mass is 10.1. The smallest absolute Gasteiger partial charge is 0.163 e. The second-order valence-corrected chi connectivity index (χ2v) is 6.53. The van der Waals surface area contributed by atoms with Crippen molar-refractivity contribution in [3.8, 4) is 17.0 Å². The number of anilines is 1. The van der Waals surface area contributed by atoms with E-state index in [-0.39, 0.29) is 6.10 Å². The van der Waals surface area contributed by atoms with Crippen molar-refractivity contribution in [1.82, 2.24) is 15.2 Å². The molecule has 7 nitrogen and oxygen atoms in total. The summed E-state index contributed by atoms with van der Waals surface area (Å²) in [5.41, 5.74) is 8.87. The summed E-state index contributed by atoms with van der Waals surface area (Å²) in [7, 11) is 0. The fourth-order valence-corrected chi connectivity index (χ4v) is 2.91. The van der Waals surface area contributed by atoms with E-state index in [1.165, 1.54) is 0 Å². The number of nitrogens with two attached hydrogens (primary N) is 1. The topological polar surface area (TPSA) is 95.3 Å². The molecule has 1 unspecified atom stereocenters. The summed E-state index contributed by atoms with van der Waals surface area (Å²) < 4.78 is 17.2. The van der Waals surface area contributed by atoms with Crippen LogP contribution in [0, 0.1) is 0 Å². The first-order valence-corrected chi connectivity index (χ1v) is 8.15. The second-order valence-electron chi connectivity index (χ2n) is 6.53. The van der Waals surface area contributed by atoms with Crippen LogP contribution in [0.5, 0.6) is 5.75 Å².